The van der Waals surface area contributed by atoms with E-state index in [1.54, 1.807) is 7.11 Å². The Hall–Kier alpha value is -0.960. The molecular weight excluding hydrogens is 176 g/mol. The van der Waals surface area contributed by atoms with Gasteiger partial charge >= 0.3 is 0 Å². The minimum absolute atomic E-state index is 0.848. The third kappa shape index (κ3) is 2.77. The smallest absolute Gasteiger partial charge is 0.0533 e. The van der Waals surface area contributed by atoms with Crippen LogP contribution in [0.5, 0.6) is 0 Å². The fourth-order valence-corrected chi connectivity index (χ4v) is 1.71. The van der Waals surface area contributed by atoms with Crippen molar-refractivity contribution < 1.29 is 4.74 Å². The highest BCUT2D eigenvalue weighted by Gasteiger charge is 2.13. The van der Waals surface area contributed by atoms with E-state index in [4.69, 9.17) is 4.74 Å². The van der Waals surface area contributed by atoms with Crippen LogP contribution in [-0.4, -0.2) is 27.8 Å². The molecule has 14 heavy (non-hydrogen) atoms. The van der Waals surface area contributed by atoms with E-state index in [1.807, 2.05) is 14.1 Å². The molecule has 3 heteroatoms. The van der Waals surface area contributed by atoms with Gasteiger partial charge in [-0.25, -0.2) is 0 Å². The molecule has 0 unspecified atom stereocenters. The molecule has 1 aliphatic carbocycles. The maximum Gasteiger partial charge on any atom is 0.0533 e. The first-order valence-electron chi connectivity index (χ1n) is 5.08. The molecule has 80 valence electrons. The number of likely N-dealkylation sites (N-methyl/N-ethyl adjacent to an activating group) is 1. The molecule has 0 amide bonds. The molecule has 0 aliphatic heterocycles. The predicted molar refractivity (Wildman–Crippen MR) is 59.0 cm³/mol. The van der Waals surface area contributed by atoms with Crippen LogP contribution >= 0.6 is 0 Å². The van der Waals surface area contributed by atoms with Crippen LogP contribution < -0.4 is 10.6 Å². The van der Waals surface area contributed by atoms with E-state index in [9.17, 15) is 0 Å². The van der Waals surface area contributed by atoms with Crippen molar-refractivity contribution in [3.8, 4) is 0 Å². The molecular formula is C11H20N2O. The predicted octanol–water partition coefficient (Wildman–Crippen LogP) is 1.39. The van der Waals surface area contributed by atoms with Gasteiger partial charge < -0.3 is 15.4 Å². The van der Waals surface area contributed by atoms with Crippen LogP contribution in [0.1, 0.15) is 19.3 Å². The lowest BCUT2D eigenvalue weighted by molar-refractivity contribution is 0.195. The molecule has 2 N–H and O–H groups in total. The van der Waals surface area contributed by atoms with Gasteiger partial charge in [0, 0.05) is 39.9 Å². The fraction of sp³-hybridized carbons (Fsp3) is 0.636. The standard InChI is InChI=1S/C11H20N2O/c1-12-10-7-9(5-4-6-14-3)8-11(10)13-2/h7,12-13H,4-6,8H2,1-3H3. The molecule has 0 saturated heterocycles. The third-order valence-corrected chi connectivity index (χ3v) is 2.49. The lowest BCUT2D eigenvalue weighted by Crippen LogP contribution is -2.12. The van der Waals surface area contributed by atoms with Crippen molar-refractivity contribution in [2.24, 2.45) is 0 Å². The van der Waals surface area contributed by atoms with Crippen molar-refractivity contribution in [1.29, 1.82) is 0 Å². The summed E-state index contributed by atoms with van der Waals surface area (Å²) in [6.45, 7) is 0.848. The van der Waals surface area contributed by atoms with E-state index < -0.39 is 0 Å². The Balaban J connectivity index is 2.39. The Bertz CT molecular complexity index is 244. The number of nitrogens with one attached hydrogen (secondary N) is 2. The summed E-state index contributed by atoms with van der Waals surface area (Å²) >= 11 is 0. The Labute approximate surface area is 86.2 Å². The molecule has 0 radical (unpaired) electrons. The molecule has 3 nitrogen and oxygen atoms in total. The van der Waals surface area contributed by atoms with E-state index in [-0.39, 0.29) is 0 Å². The molecule has 1 aliphatic rings. The molecule has 0 bridgehead atoms. The van der Waals surface area contributed by atoms with Gasteiger partial charge in [-0.05, 0) is 18.9 Å². The van der Waals surface area contributed by atoms with Crippen molar-refractivity contribution in [3.63, 3.8) is 0 Å². The van der Waals surface area contributed by atoms with Gasteiger partial charge in [-0.2, -0.15) is 0 Å². The number of hydrogen-bond donors (Lipinski definition) is 2. The first-order valence-corrected chi connectivity index (χ1v) is 5.08. The summed E-state index contributed by atoms with van der Waals surface area (Å²) in [6.07, 6.45) is 5.53. The summed E-state index contributed by atoms with van der Waals surface area (Å²) in [5.41, 5.74) is 4.00. The molecule has 0 aromatic carbocycles. The van der Waals surface area contributed by atoms with Gasteiger partial charge in [0.25, 0.3) is 0 Å². The molecule has 0 atom stereocenters. The average Bonchev–Trinajstić information content (AvgIpc) is 2.61. The topological polar surface area (TPSA) is 33.3 Å². The summed E-state index contributed by atoms with van der Waals surface area (Å²) in [6, 6.07) is 0. The molecule has 0 fully saturated rings. The fourth-order valence-electron chi connectivity index (χ4n) is 1.71. The van der Waals surface area contributed by atoms with Gasteiger partial charge in [0.15, 0.2) is 0 Å². The lowest BCUT2D eigenvalue weighted by atomic mass is 10.1. The van der Waals surface area contributed by atoms with Crippen LogP contribution in [0.3, 0.4) is 0 Å². The van der Waals surface area contributed by atoms with Crippen molar-refractivity contribution in [1.82, 2.24) is 10.6 Å². The van der Waals surface area contributed by atoms with Crippen molar-refractivity contribution in [2.75, 3.05) is 27.8 Å². The maximum atomic E-state index is 5.04. The van der Waals surface area contributed by atoms with Crippen molar-refractivity contribution in [3.05, 3.63) is 23.0 Å². The second-order valence-electron chi connectivity index (χ2n) is 3.47. The summed E-state index contributed by atoms with van der Waals surface area (Å²) in [5, 5.41) is 6.41. The van der Waals surface area contributed by atoms with Gasteiger partial charge in [0.2, 0.25) is 0 Å². The summed E-state index contributed by atoms with van der Waals surface area (Å²) in [7, 11) is 5.68. The number of methoxy groups -OCH3 is 1. The van der Waals surface area contributed by atoms with Gasteiger partial charge in [-0.3, -0.25) is 0 Å². The van der Waals surface area contributed by atoms with E-state index in [0.717, 1.165) is 25.9 Å². The quantitative estimate of drug-likeness (QED) is 0.630. The minimum atomic E-state index is 0.848. The monoisotopic (exact) mass is 196 g/mol. The van der Waals surface area contributed by atoms with Crippen molar-refractivity contribution in [2.45, 2.75) is 19.3 Å². The van der Waals surface area contributed by atoms with Gasteiger partial charge in [-0.1, -0.05) is 5.57 Å². The summed E-state index contributed by atoms with van der Waals surface area (Å²) in [5.74, 6) is 0. The summed E-state index contributed by atoms with van der Waals surface area (Å²) < 4.78 is 5.04. The first kappa shape index (κ1) is 11.1. The molecule has 0 aromatic rings. The van der Waals surface area contributed by atoms with Gasteiger partial charge in [0.05, 0.1) is 5.70 Å². The Morgan fingerprint density at radius 1 is 1.36 bits per heavy atom. The van der Waals surface area contributed by atoms with E-state index in [1.165, 1.54) is 17.0 Å². The number of allylic oxidation sites excluding steroid dienone is 2. The Kier molecular flexibility index (Phi) is 4.53. The van der Waals surface area contributed by atoms with Gasteiger partial charge in [-0.15, -0.1) is 0 Å². The SMILES string of the molecule is CNC1=C(NC)CC(CCCOC)=C1. The normalized spacial score (nSPS) is 15.8. The van der Waals surface area contributed by atoms with Gasteiger partial charge in [0.1, 0.15) is 0 Å². The van der Waals surface area contributed by atoms with Crippen LogP contribution in [0.25, 0.3) is 0 Å². The Morgan fingerprint density at radius 3 is 2.64 bits per heavy atom. The number of hydrogen-bond acceptors (Lipinski definition) is 3. The lowest BCUT2D eigenvalue weighted by Gasteiger charge is -2.05. The second kappa shape index (κ2) is 5.70. The van der Waals surface area contributed by atoms with Crippen molar-refractivity contribution >= 4 is 0 Å². The minimum Gasteiger partial charge on any atom is -0.389 e. The number of ether oxygens (including phenoxy) is 1. The van der Waals surface area contributed by atoms with E-state index in [0.29, 0.717) is 0 Å². The largest absolute Gasteiger partial charge is 0.389 e. The van der Waals surface area contributed by atoms with Crippen LogP contribution in [0.15, 0.2) is 23.0 Å². The maximum absolute atomic E-state index is 5.04. The zero-order valence-corrected chi connectivity index (χ0v) is 9.31. The molecule has 0 aromatic heterocycles. The van der Waals surface area contributed by atoms with Crippen LogP contribution in [0, 0.1) is 0 Å². The van der Waals surface area contributed by atoms with Crippen LogP contribution in [0.4, 0.5) is 0 Å². The highest BCUT2D eigenvalue weighted by atomic mass is 16.5. The second-order valence-corrected chi connectivity index (χ2v) is 3.47. The summed E-state index contributed by atoms with van der Waals surface area (Å²) in [4.78, 5) is 0. The van der Waals surface area contributed by atoms with Crippen LogP contribution in [-0.2, 0) is 4.74 Å². The highest BCUT2D eigenvalue weighted by Crippen LogP contribution is 2.24. The van der Waals surface area contributed by atoms with Crippen LogP contribution in [0.2, 0.25) is 0 Å². The van der Waals surface area contributed by atoms with E-state index >= 15 is 0 Å². The zero-order chi connectivity index (χ0) is 10.4. The molecule has 0 spiro atoms. The first-order chi connectivity index (χ1) is 6.81. The number of rotatable bonds is 6. The molecule has 1 rings (SSSR count). The highest BCUT2D eigenvalue weighted by molar-refractivity contribution is 5.36. The third-order valence-electron chi connectivity index (χ3n) is 2.49. The average molecular weight is 196 g/mol. The zero-order valence-electron chi connectivity index (χ0n) is 9.31. The Morgan fingerprint density at radius 2 is 2.14 bits per heavy atom. The molecule has 0 saturated carbocycles. The molecule has 0 heterocycles. The van der Waals surface area contributed by atoms with E-state index in [2.05, 4.69) is 16.7 Å².